The van der Waals surface area contributed by atoms with Gasteiger partial charge in [0.25, 0.3) is 0 Å². The summed E-state index contributed by atoms with van der Waals surface area (Å²) in [5.41, 5.74) is 0.790. The molecule has 1 fully saturated rings. The van der Waals surface area contributed by atoms with Crippen LogP contribution >= 0.6 is 11.6 Å². The molecule has 4 rings (SSSR count). The summed E-state index contributed by atoms with van der Waals surface area (Å²) in [6.07, 6.45) is -4.67. The lowest BCUT2D eigenvalue weighted by Gasteiger charge is -2.32. The maximum Gasteiger partial charge on any atom is 0.416 e. The smallest absolute Gasteiger partial charge is 0.371 e. The van der Waals surface area contributed by atoms with Crippen LogP contribution < -0.4 is 0 Å². The zero-order valence-electron chi connectivity index (χ0n) is 15.2. The van der Waals surface area contributed by atoms with Gasteiger partial charge in [-0.1, -0.05) is 41.0 Å². The highest BCUT2D eigenvalue weighted by atomic mass is 35.5. The minimum atomic E-state index is -4.35. The number of nitrogens with zero attached hydrogens (tertiary/aromatic N) is 3. The number of hydrogen-bond acceptors (Lipinski definition) is 5. The summed E-state index contributed by atoms with van der Waals surface area (Å²) in [5, 5.41) is 4.58. The van der Waals surface area contributed by atoms with E-state index in [1.54, 1.807) is 12.1 Å². The molecule has 9 heteroatoms. The molecule has 0 N–H and O–H groups in total. The number of benzene rings is 2. The van der Waals surface area contributed by atoms with Crippen LogP contribution in [0.5, 0.6) is 0 Å². The number of hydrogen-bond donors (Lipinski definition) is 0. The van der Waals surface area contributed by atoms with E-state index in [1.807, 2.05) is 12.1 Å². The van der Waals surface area contributed by atoms with Gasteiger partial charge in [0.1, 0.15) is 0 Å². The van der Waals surface area contributed by atoms with E-state index in [-0.39, 0.29) is 6.10 Å². The largest absolute Gasteiger partial charge is 0.416 e. The molecule has 1 aliphatic rings. The maximum absolute atomic E-state index is 12.7. The number of rotatable bonds is 4. The molecular formula is C20H17ClF3N3O2. The lowest BCUT2D eigenvalue weighted by molar-refractivity contribution is -0.137. The van der Waals surface area contributed by atoms with E-state index < -0.39 is 11.7 Å². The van der Waals surface area contributed by atoms with Gasteiger partial charge in [-0.15, -0.1) is 0 Å². The molecule has 0 saturated carbocycles. The van der Waals surface area contributed by atoms with Gasteiger partial charge in [-0.2, -0.15) is 18.2 Å². The van der Waals surface area contributed by atoms with Crippen LogP contribution in [0.4, 0.5) is 13.2 Å². The Morgan fingerprint density at radius 2 is 1.93 bits per heavy atom. The first-order valence-corrected chi connectivity index (χ1v) is 9.36. The van der Waals surface area contributed by atoms with Crippen molar-refractivity contribution in [1.82, 2.24) is 15.0 Å². The topological polar surface area (TPSA) is 51.4 Å². The summed E-state index contributed by atoms with van der Waals surface area (Å²) in [4.78, 5) is 6.48. The predicted molar refractivity (Wildman–Crippen MR) is 100 cm³/mol. The van der Waals surface area contributed by atoms with Crippen LogP contribution in [-0.2, 0) is 17.5 Å². The Kier molecular flexibility index (Phi) is 5.58. The molecule has 152 valence electrons. The first-order chi connectivity index (χ1) is 13.9. The third kappa shape index (κ3) is 4.77. The van der Waals surface area contributed by atoms with E-state index in [0.29, 0.717) is 48.5 Å². The Bertz CT molecular complexity index is 976. The molecule has 1 aromatic heterocycles. The molecule has 0 amide bonds. The summed E-state index contributed by atoms with van der Waals surface area (Å²) in [5.74, 6) is 0.906. The van der Waals surface area contributed by atoms with Crippen molar-refractivity contribution < 1.29 is 22.4 Å². The molecule has 0 bridgehead atoms. The monoisotopic (exact) mass is 423 g/mol. The quantitative estimate of drug-likeness (QED) is 0.592. The molecule has 1 unspecified atom stereocenters. The van der Waals surface area contributed by atoms with Crippen LogP contribution in [0.1, 0.15) is 23.1 Å². The van der Waals surface area contributed by atoms with Crippen LogP contribution in [0, 0.1) is 0 Å². The summed E-state index contributed by atoms with van der Waals surface area (Å²) >= 11 is 6.00. The SMILES string of the molecule is FC(F)(F)c1ccc(C2CN(Cc3nc(-c4cccc(Cl)c4)no3)CCO2)cc1. The van der Waals surface area contributed by atoms with Gasteiger partial charge in [0.15, 0.2) is 0 Å². The van der Waals surface area contributed by atoms with E-state index >= 15 is 0 Å². The minimum Gasteiger partial charge on any atom is -0.371 e. The lowest BCUT2D eigenvalue weighted by atomic mass is 10.1. The minimum absolute atomic E-state index is 0.318. The molecule has 1 atom stereocenters. The van der Waals surface area contributed by atoms with Crippen molar-refractivity contribution in [2.75, 3.05) is 19.7 Å². The van der Waals surface area contributed by atoms with Gasteiger partial charge >= 0.3 is 6.18 Å². The molecular weight excluding hydrogens is 407 g/mol. The first kappa shape index (κ1) is 19.9. The second kappa shape index (κ2) is 8.14. The molecule has 1 saturated heterocycles. The number of ether oxygens (including phenoxy) is 1. The molecule has 5 nitrogen and oxygen atoms in total. The Morgan fingerprint density at radius 3 is 2.66 bits per heavy atom. The normalized spacial score (nSPS) is 18.1. The van der Waals surface area contributed by atoms with Crippen LogP contribution in [-0.4, -0.2) is 34.7 Å². The van der Waals surface area contributed by atoms with Gasteiger partial charge in [-0.3, -0.25) is 4.90 Å². The molecule has 29 heavy (non-hydrogen) atoms. The fourth-order valence-corrected chi connectivity index (χ4v) is 3.38. The number of halogens is 4. The average Bonchev–Trinajstić information content (AvgIpc) is 3.16. The number of aromatic nitrogens is 2. The lowest BCUT2D eigenvalue weighted by Crippen LogP contribution is -2.37. The van der Waals surface area contributed by atoms with Crippen molar-refractivity contribution in [3.63, 3.8) is 0 Å². The van der Waals surface area contributed by atoms with E-state index in [2.05, 4.69) is 15.0 Å². The molecule has 0 radical (unpaired) electrons. The Balaban J connectivity index is 1.42. The van der Waals surface area contributed by atoms with Gasteiger partial charge in [-0.05, 0) is 29.8 Å². The van der Waals surface area contributed by atoms with Gasteiger partial charge in [0.2, 0.25) is 11.7 Å². The second-order valence-corrected chi connectivity index (χ2v) is 7.17. The van der Waals surface area contributed by atoms with Crippen LogP contribution in [0.15, 0.2) is 53.1 Å². The van der Waals surface area contributed by atoms with E-state index in [1.165, 1.54) is 12.1 Å². The fourth-order valence-electron chi connectivity index (χ4n) is 3.19. The number of morpholine rings is 1. The van der Waals surface area contributed by atoms with E-state index in [0.717, 1.165) is 17.7 Å². The summed E-state index contributed by atoms with van der Waals surface area (Å²) in [7, 11) is 0. The third-order valence-corrected chi connectivity index (χ3v) is 4.91. The second-order valence-electron chi connectivity index (χ2n) is 6.74. The van der Waals surface area contributed by atoms with Crippen molar-refractivity contribution in [3.8, 4) is 11.4 Å². The molecule has 2 heterocycles. The Morgan fingerprint density at radius 1 is 1.14 bits per heavy atom. The Hall–Kier alpha value is -2.42. The van der Waals surface area contributed by atoms with E-state index in [4.69, 9.17) is 20.9 Å². The summed E-state index contributed by atoms with van der Waals surface area (Å²) < 4.78 is 49.3. The molecule has 0 spiro atoms. The van der Waals surface area contributed by atoms with Gasteiger partial charge in [-0.25, -0.2) is 0 Å². The molecule has 3 aromatic rings. The number of alkyl halides is 3. The van der Waals surface area contributed by atoms with Gasteiger partial charge < -0.3 is 9.26 Å². The first-order valence-electron chi connectivity index (χ1n) is 8.98. The average molecular weight is 424 g/mol. The van der Waals surface area contributed by atoms with Crippen LogP contribution in [0.2, 0.25) is 5.02 Å². The van der Waals surface area contributed by atoms with Crippen molar-refractivity contribution in [3.05, 3.63) is 70.6 Å². The van der Waals surface area contributed by atoms with Crippen molar-refractivity contribution >= 4 is 11.6 Å². The molecule has 1 aliphatic heterocycles. The van der Waals surface area contributed by atoms with Gasteiger partial charge in [0, 0.05) is 23.7 Å². The van der Waals surface area contributed by atoms with Crippen LogP contribution in [0.3, 0.4) is 0 Å². The highest BCUT2D eigenvalue weighted by Crippen LogP contribution is 2.31. The fraction of sp³-hybridized carbons (Fsp3) is 0.300. The van der Waals surface area contributed by atoms with Crippen LogP contribution in [0.25, 0.3) is 11.4 Å². The van der Waals surface area contributed by atoms with E-state index in [9.17, 15) is 13.2 Å². The van der Waals surface area contributed by atoms with Gasteiger partial charge in [0.05, 0.1) is 24.8 Å². The molecule has 2 aromatic carbocycles. The standard InChI is InChI=1S/C20H17ClF3N3O2/c21-16-3-1-2-14(10-16)19-25-18(29-26-19)12-27-8-9-28-17(11-27)13-4-6-15(7-5-13)20(22,23)24/h1-7,10,17H,8-9,11-12H2. The Labute approximate surface area is 170 Å². The predicted octanol–water partition coefficient (Wildman–Crippen LogP) is 4.98. The van der Waals surface area contributed by atoms with Crippen molar-refractivity contribution in [2.45, 2.75) is 18.8 Å². The molecule has 0 aliphatic carbocycles. The highest BCUT2D eigenvalue weighted by Gasteiger charge is 2.31. The summed E-state index contributed by atoms with van der Waals surface area (Å²) in [6.45, 7) is 2.06. The summed E-state index contributed by atoms with van der Waals surface area (Å²) in [6, 6.07) is 12.2. The maximum atomic E-state index is 12.7. The zero-order chi connectivity index (χ0) is 20.4. The van der Waals surface area contributed by atoms with Crippen molar-refractivity contribution in [2.24, 2.45) is 0 Å². The highest BCUT2D eigenvalue weighted by molar-refractivity contribution is 6.30. The zero-order valence-corrected chi connectivity index (χ0v) is 16.0. The third-order valence-electron chi connectivity index (χ3n) is 4.67. The van der Waals surface area contributed by atoms with Crippen molar-refractivity contribution in [1.29, 1.82) is 0 Å².